The molecule has 0 unspecified atom stereocenters. The van der Waals surface area contributed by atoms with E-state index in [0.717, 1.165) is 21.2 Å². The molecule has 0 saturated heterocycles. The van der Waals surface area contributed by atoms with Gasteiger partial charge in [0.15, 0.2) is 5.82 Å². The summed E-state index contributed by atoms with van der Waals surface area (Å²) in [4.78, 5) is 8.66. The van der Waals surface area contributed by atoms with Crippen LogP contribution in [0.2, 0.25) is 0 Å². The highest BCUT2D eigenvalue weighted by molar-refractivity contribution is 14.1. The number of hydrogen-bond donors (Lipinski definition) is 1. The minimum atomic E-state index is 0.527. The first-order chi connectivity index (χ1) is 7.22. The number of furan rings is 1. The minimum absolute atomic E-state index is 0.527. The van der Waals surface area contributed by atoms with Crippen LogP contribution in [0.5, 0.6) is 0 Å². The van der Waals surface area contributed by atoms with Gasteiger partial charge < -0.3 is 10.2 Å². The fraction of sp³-hybridized carbons (Fsp3) is 0.200. The van der Waals surface area contributed by atoms with Gasteiger partial charge in [-0.2, -0.15) is 0 Å². The summed E-state index contributed by atoms with van der Waals surface area (Å²) >= 11 is 2.17. The molecular weight excluding hydrogens is 305 g/mol. The van der Waals surface area contributed by atoms with Crippen molar-refractivity contribution in [3.63, 3.8) is 0 Å². The Morgan fingerprint density at radius 1 is 1.47 bits per heavy atom. The van der Waals surface area contributed by atoms with Gasteiger partial charge in [-0.25, -0.2) is 9.97 Å². The molecule has 0 radical (unpaired) electrons. The molecule has 78 valence electrons. The molecule has 15 heavy (non-hydrogen) atoms. The third kappa shape index (κ3) is 1.97. The number of nitrogen functional groups attached to an aromatic ring is 1. The Labute approximate surface area is 101 Å². The van der Waals surface area contributed by atoms with Gasteiger partial charge in [-0.05, 0) is 35.1 Å². The van der Waals surface area contributed by atoms with Gasteiger partial charge in [0.2, 0.25) is 0 Å². The van der Waals surface area contributed by atoms with E-state index in [1.54, 1.807) is 12.5 Å². The van der Waals surface area contributed by atoms with E-state index in [2.05, 4.69) is 32.6 Å². The van der Waals surface area contributed by atoms with E-state index in [1.165, 1.54) is 0 Å². The van der Waals surface area contributed by atoms with Crippen molar-refractivity contribution in [3.8, 4) is 11.4 Å². The van der Waals surface area contributed by atoms with Crippen LogP contribution in [0.4, 0.5) is 5.82 Å². The summed E-state index contributed by atoms with van der Waals surface area (Å²) in [5, 5.41) is 0. The Kier molecular flexibility index (Phi) is 2.90. The number of nitrogens with zero attached hydrogens (tertiary/aromatic N) is 2. The fourth-order valence-electron chi connectivity index (χ4n) is 1.27. The zero-order valence-corrected chi connectivity index (χ0v) is 10.4. The first-order valence-electron chi connectivity index (χ1n) is 4.56. The lowest BCUT2D eigenvalue weighted by atomic mass is 10.2. The second kappa shape index (κ2) is 4.18. The predicted octanol–water partition coefficient (Wildman–Crippen LogP) is 2.49. The van der Waals surface area contributed by atoms with Crippen molar-refractivity contribution in [1.29, 1.82) is 0 Å². The number of aromatic nitrogens is 2. The number of nitrogens with two attached hydrogens (primary N) is 1. The van der Waals surface area contributed by atoms with Crippen LogP contribution in [0.1, 0.15) is 12.6 Å². The van der Waals surface area contributed by atoms with E-state index in [-0.39, 0.29) is 0 Å². The van der Waals surface area contributed by atoms with Gasteiger partial charge in [0.05, 0.1) is 21.1 Å². The van der Waals surface area contributed by atoms with Crippen molar-refractivity contribution < 1.29 is 4.42 Å². The van der Waals surface area contributed by atoms with Crippen LogP contribution in [-0.2, 0) is 6.42 Å². The average Bonchev–Trinajstić information content (AvgIpc) is 2.75. The molecule has 0 bridgehead atoms. The lowest BCUT2D eigenvalue weighted by molar-refractivity contribution is 0.568. The quantitative estimate of drug-likeness (QED) is 0.865. The molecule has 0 amide bonds. The molecule has 0 aliphatic rings. The Bertz CT molecular complexity index is 468. The molecule has 0 atom stereocenters. The number of hydrogen-bond acceptors (Lipinski definition) is 4. The van der Waals surface area contributed by atoms with Crippen LogP contribution >= 0.6 is 22.6 Å². The van der Waals surface area contributed by atoms with Crippen LogP contribution in [0.3, 0.4) is 0 Å². The highest BCUT2D eigenvalue weighted by Gasteiger charge is 2.10. The van der Waals surface area contributed by atoms with Crippen LogP contribution in [0, 0.1) is 3.57 Å². The van der Waals surface area contributed by atoms with Crippen molar-refractivity contribution in [3.05, 3.63) is 27.9 Å². The van der Waals surface area contributed by atoms with E-state index < -0.39 is 0 Å². The molecular formula is C10H10IN3O. The largest absolute Gasteiger partial charge is 0.472 e. The molecule has 2 heterocycles. The molecule has 0 aliphatic heterocycles. The predicted molar refractivity (Wildman–Crippen MR) is 66.2 cm³/mol. The van der Waals surface area contributed by atoms with Crippen molar-refractivity contribution in [2.24, 2.45) is 0 Å². The first kappa shape index (κ1) is 10.4. The number of anilines is 1. The van der Waals surface area contributed by atoms with Gasteiger partial charge in [0.1, 0.15) is 12.1 Å². The van der Waals surface area contributed by atoms with Crippen molar-refractivity contribution in [1.82, 2.24) is 9.97 Å². The Hall–Kier alpha value is -1.11. The topological polar surface area (TPSA) is 64.9 Å². The van der Waals surface area contributed by atoms with Gasteiger partial charge in [-0.3, -0.25) is 0 Å². The second-order valence-corrected chi connectivity index (χ2v) is 4.14. The van der Waals surface area contributed by atoms with E-state index in [9.17, 15) is 0 Å². The highest BCUT2D eigenvalue weighted by atomic mass is 127. The minimum Gasteiger partial charge on any atom is -0.472 e. The lowest BCUT2D eigenvalue weighted by Crippen LogP contribution is -2.03. The zero-order chi connectivity index (χ0) is 10.8. The molecule has 2 N–H and O–H groups in total. The first-order valence-corrected chi connectivity index (χ1v) is 5.64. The third-order valence-corrected chi connectivity index (χ3v) is 3.23. The molecule has 0 fully saturated rings. The number of halogens is 1. The van der Waals surface area contributed by atoms with Gasteiger partial charge >= 0.3 is 0 Å². The smallest absolute Gasteiger partial charge is 0.165 e. The Morgan fingerprint density at radius 3 is 2.87 bits per heavy atom. The van der Waals surface area contributed by atoms with E-state index >= 15 is 0 Å². The van der Waals surface area contributed by atoms with Crippen molar-refractivity contribution >= 4 is 28.4 Å². The van der Waals surface area contributed by atoms with Crippen LogP contribution in [-0.4, -0.2) is 9.97 Å². The maximum absolute atomic E-state index is 5.81. The number of aryl methyl sites for hydroxylation is 1. The van der Waals surface area contributed by atoms with Gasteiger partial charge in [-0.15, -0.1) is 0 Å². The summed E-state index contributed by atoms with van der Waals surface area (Å²) in [7, 11) is 0. The Morgan fingerprint density at radius 2 is 2.27 bits per heavy atom. The summed E-state index contributed by atoms with van der Waals surface area (Å²) < 4.78 is 5.92. The number of rotatable bonds is 2. The Balaban J connectivity index is 2.55. The van der Waals surface area contributed by atoms with Crippen molar-refractivity contribution in [2.75, 3.05) is 5.73 Å². The molecule has 2 rings (SSSR count). The summed E-state index contributed by atoms with van der Waals surface area (Å²) in [6.45, 7) is 2.04. The van der Waals surface area contributed by atoms with Gasteiger partial charge in [0.25, 0.3) is 0 Å². The van der Waals surface area contributed by atoms with E-state index in [4.69, 9.17) is 10.2 Å². The van der Waals surface area contributed by atoms with Gasteiger partial charge in [-0.1, -0.05) is 6.92 Å². The second-order valence-electron chi connectivity index (χ2n) is 3.06. The third-order valence-electron chi connectivity index (χ3n) is 2.06. The molecule has 2 aromatic heterocycles. The monoisotopic (exact) mass is 315 g/mol. The average molecular weight is 315 g/mol. The van der Waals surface area contributed by atoms with Crippen molar-refractivity contribution in [2.45, 2.75) is 13.3 Å². The molecule has 4 nitrogen and oxygen atoms in total. The summed E-state index contributed by atoms with van der Waals surface area (Å²) in [5.41, 5.74) is 7.64. The summed E-state index contributed by atoms with van der Waals surface area (Å²) in [6.07, 6.45) is 4.05. The lowest BCUT2D eigenvalue weighted by Gasteiger charge is -2.05. The van der Waals surface area contributed by atoms with Crippen LogP contribution in [0.15, 0.2) is 23.0 Å². The van der Waals surface area contributed by atoms with Crippen LogP contribution in [0.25, 0.3) is 11.4 Å². The molecule has 5 heteroatoms. The molecule has 0 saturated carbocycles. The molecule has 0 aromatic carbocycles. The maximum atomic E-state index is 5.81. The van der Waals surface area contributed by atoms with Gasteiger partial charge in [0, 0.05) is 0 Å². The summed E-state index contributed by atoms with van der Waals surface area (Å²) in [6, 6.07) is 1.82. The van der Waals surface area contributed by atoms with E-state index in [0.29, 0.717) is 11.6 Å². The maximum Gasteiger partial charge on any atom is 0.165 e. The zero-order valence-electron chi connectivity index (χ0n) is 8.20. The highest BCUT2D eigenvalue weighted by Crippen LogP contribution is 2.22. The SMILES string of the molecule is CCc1nc(-c2ccoc2)nc(N)c1I. The normalized spacial score (nSPS) is 10.5. The fourth-order valence-corrected chi connectivity index (χ4v) is 1.89. The van der Waals surface area contributed by atoms with Crippen LogP contribution < -0.4 is 5.73 Å². The molecule has 0 spiro atoms. The molecule has 2 aromatic rings. The molecule has 0 aliphatic carbocycles. The summed E-state index contributed by atoms with van der Waals surface area (Å²) in [5.74, 6) is 1.15. The standard InChI is InChI=1S/C10H10IN3O/c1-2-7-8(11)9(12)14-10(13-7)6-3-4-15-5-6/h3-5H,2H2,1H3,(H2,12,13,14). The van der Waals surface area contributed by atoms with E-state index in [1.807, 2.05) is 13.0 Å².